The average molecular weight is 435 g/mol. The summed E-state index contributed by atoms with van der Waals surface area (Å²) in [4.78, 5) is 35.0. The molecule has 0 saturated heterocycles. The molecule has 4 aliphatic carbocycles. The fraction of sp³-hybridized carbons (Fsp3) is 0.880. The third kappa shape index (κ3) is 4.00. The predicted octanol–water partition coefficient (Wildman–Crippen LogP) is 4.44. The highest BCUT2D eigenvalue weighted by Crippen LogP contribution is 2.66. The van der Waals surface area contributed by atoms with Crippen LogP contribution in [0.4, 0.5) is 0 Å². The van der Waals surface area contributed by atoms with Crippen LogP contribution < -0.4 is 0 Å². The molecule has 6 heteroatoms. The highest BCUT2D eigenvalue weighted by Gasteiger charge is 2.62. The number of carbonyl (C=O) groups excluding carboxylic acids is 3. The van der Waals surface area contributed by atoms with Gasteiger partial charge in [-0.05, 0) is 81.5 Å². The van der Waals surface area contributed by atoms with Crippen molar-refractivity contribution in [3.8, 4) is 0 Å². The zero-order valence-corrected chi connectivity index (χ0v) is 19.5. The molecular weight excluding hydrogens is 396 g/mol. The van der Waals surface area contributed by atoms with Crippen LogP contribution in [-0.2, 0) is 28.6 Å². The van der Waals surface area contributed by atoms with Gasteiger partial charge < -0.3 is 14.2 Å². The Morgan fingerprint density at radius 2 is 1.55 bits per heavy atom. The fourth-order valence-corrected chi connectivity index (χ4v) is 8.22. The van der Waals surface area contributed by atoms with Crippen LogP contribution in [0, 0.1) is 34.5 Å². The molecule has 0 unspecified atom stereocenters. The zero-order valence-electron chi connectivity index (χ0n) is 19.5. The highest BCUT2D eigenvalue weighted by molar-refractivity contribution is 5.66. The lowest BCUT2D eigenvalue weighted by Crippen LogP contribution is -2.57. The van der Waals surface area contributed by atoms with Gasteiger partial charge in [-0.1, -0.05) is 6.92 Å². The molecule has 0 spiro atoms. The number of hydrogen-bond acceptors (Lipinski definition) is 6. The SMILES string of the molecule is CC(=O)OC[C@]12CC[C@H](OC(C)=O)C[C@@H]1CC[C@H]1[C@@H]3CC[C@H](OC(C)=O)[C@@]3(C)CC[C@@H]12. The maximum Gasteiger partial charge on any atom is 0.302 e. The third-order valence-corrected chi connectivity index (χ3v) is 9.41. The number of hydrogen-bond donors (Lipinski definition) is 0. The molecule has 4 saturated carbocycles. The molecule has 0 amide bonds. The van der Waals surface area contributed by atoms with Crippen LogP contribution in [0.5, 0.6) is 0 Å². The maximum atomic E-state index is 11.8. The quantitative estimate of drug-likeness (QED) is 0.481. The first-order valence-corrected chi connectivity index (χ1v) is 12.1. The average Bonchev–Trinajstić information content (AvgIpc) is 3.01. The molecule has 31 heavy (non-hydrogen) atoms. The molecular formula is C25H38O6. The van der Waals surface area contributed by atoms with Crippen LogP contribution in [0.2, 0.25) is 0 Å². The Kier molecular flexibility index (Phi) is 6.12. The standard InChI is InChI=1S/C25H38O6/c1-15(26)29-14-25-12-9-19(30-16(2)27)13-18(25)5-6-20-21-7-8-23(31-17(3)28)24(21,4)11-10-22(20)25/h18-23H,5-14H2,1-4H3/t18-,19-,20-,21-,22-,23-,24-,25+/m0/s1. The van der Waals surface area contributed by atoms with E-state index in [4.69, 9.17) is 14.2 Å². The Labute approximate surface area is 185 Å². The van der Waals surface area contributed by atoms with Crippen LogP contribution >= 0.6 is 0 Å². The summed E-state index contributed by atoms with van der Waals surface area (Å²) in [5, 5.41) is 0. The molecule has 0 bridgehead atoms. The second-order valence-corrected chi connectivity index (χ2v) is 10.9. The second kappa shape index (κ2) is 8.40. The van der Waals surface area contributed by atoms with Crippen LogP contribution in [0.25, 0.3) is 0 Å². The minimum atomic E-state index is -0.214. The van der Waals surface area contributed by atoms with E-state index in [1.54, 1.807) is 0 Å². The van der Waals surface area contributed by atoms with Gasteiger partial charge in [-0.15, -0.1) is 0 Å². The Bertz CT molecular complexity index is 734. The van der Waals surface area contributed by atoms with Crippen molar-refractivity contribution in [2.24, 2.45) is 34.5 Å². The number of rotatable bonds is 4. The summed E-state index contributed by atoms with van der Waals surface area (Å²) in [5.41, 5.74) is 0.0311. The van der Waals surface area contributed by atoms with Crippen LogP contribution in [0.1, 0.15) is 85.5 Å². The van der Waals surface area contributed by atoms with Gasteiger partial charge in [0, 0.05) is 31.6 Å². The predicted molar refractivity (Wildman–Crippen MR) is 114 cm³/mol. The largest absolute Gasteiger partial charge is 0.465 e. The van der Waals surface area contributed by atoms with Gasteiger partial charge in [0.15, 0.2) is 0 Å². The first kappa shape index (κ1) is 22.6. The van der Waals surface area contributed by atoms with Crippen molar-refractivity contribution in [3.05, 3.63) is 0 Å². The summed E-state index contributed by atoms with van der Waals surface area (Å²) >= 11 is 0. The topological polar surface area (TPSA) is 78.9 Å². The summed E-state index contributed by atoms with van der Waals surface area (Å²) < 4.78 is 17.1. The van der Waals surface area contributed by atoms with Crippen molar-refractivity contribution in [1.82, 2.24) is 0 Å². The van der Waals surface area contributed by atoms with Crippen LogP contribution in [0.15, 0.2) is 0 Å². The summed E-state index contributed by atoms with van der Waals surface area (Å²) in [6.45, 7) is 7.31. The lowest BCUT2D eigenvalue weighted by Gasteiger charge is -2.61. The minimum Gasteiger partial charge on any atom is -0.465 e. The summed E-state index contributed by atoms with van der Waals surface area (Å²) in [7, 11) is 0. The number of carbonyl (C=O) groups is 3. The lowest BCUT2D eigenvalue weighted by molar-refractivity contribution is -0.185. The van der Waals surface area contributed by atoms with Crippen molar-refractivity contribution < 1.29 is 28.6 Å². The van der Waals surface area contributed by atoms with E-state index >= 15 is 0 Å². The third-order valence-electron chi connectivity index (χ3n) is 9.41. The van der Waals surface area contributed by atoms with Gasteiger partial charge in [0.25, 0.3) is 0 Å². The van der Waals surface area contributed by atoms with E-state index in [0.29, 0.717) is 30.3 Å². The van der Waals surface area contributed by atoms with Gasteiger partial charge in [-0.2, -0.15) is 0 Å². The van der Waals surface area contributed by atoms with Crippen molar-refractivity contribution >= 4 is 17.9 Å². The molecule has 8 atom stereocenters. The van der Waals surface area contributed by atoms with E-state index < -0.39 is 0 Å². The van der Waals surface area contributed by atoms with Crippen molar-refractivity contribution in [2.45, 2.75) is 97.7 Å². The zero-order chi connectivity index (χ0) is 22.4. The minimum absolute atomic E-state index is 0.0156. The molecule has 174 valence electrons. The van der Waals surface area contributed by atoms with E-state index in [1.165, 1.54) is 20.8 Å². The van der Waals surface area contributed by atoms with Crippen molar-refractivity contribution in [2.75, 3.05) is 6.61 Å². The Hall–Kier alpha value is -1.59. The van der Waals surface area contributed by atoms with Gasteiger partial charge in [0.1, 0.15) is 12.2 Å². The van der Waals surface area contributed by atoms with Crippen molar-refractivity contribution in [1.29, 1.82) is 0 Å². The molecule has 0 aliphatic heterocycles. The Morgan fingerprint density at radius 1 is 0.806 bits per heavy atom. The van der Waals surface area contributed by atoms with E-state index in [0.717, 1.165) is 57.8 Å². The van der Waals surface area contributed by atoms with E-state index in [9.17, 15) is 14.4 Å². The van der Waals surface area contributed by atoms with Crippen molar-refractivity contribution in [3.63, 3.8) is 0 Å². The van der Waals surface area contributed by atoms with Crippen LogP contribution in [0.3, 0.4) is 0 Å². The van der Waals surface area contributed by atoms with Gasteiger partial charge in [0.2, 0.25) is 0 Å². The van der Waals surface area contributed by atoms with Gasteiger partial charge in [-0.25, -0.2) is 0 Å². The van der Waals surface area contributed by atoms with E-state index in [2.05, 4.69) is 6.92 Å². The summed E-state index contributed by atoms with van der Waals surface area (Å²) in [6, 6.07) is 0. The molecule has 0 radical (unpaired) electrons. The lowest BCUT2D eigenvalue weighted by atomic mass is 9.44. The number of fused-ring (bicyclic) bond motifs is 5. The van der Waals surface area contributed by atoms with Gasteiger partial charge in [0.05, 0.1) is 6.61 Å². The Morgan fingerprint density at radius 3 is 2.23 bits per heavy atom. The molecule has 4 fully saturated rings. The van der Waals surface area contributed by atoms with Crippen LogP contribution in [-0.4, -0.2) is 36.7 Å². The monoisotopic (exact) mass is 434 g/mol. The van der Waals surface area contributed by atoms with E-state index in [1.807, 2.05) is 0 Å². The molecule has 0 N–H and O–H groups in total. The first-order valence-electron chi connectivity index (χ1n) is 12.1. The first-order chi connectivity index (χ1) is 14.7. The molecule has 0 aromatic heterocycles. The Balaban J connectivity index is 1.58. The van der Waals surface area contributed by atoms with E-state index in [-0.39, 0.29) is 40.9 Å². The number of esters is 3. The second-order valence-electron chi connectivity index (χ2n) is 10.9. The molecule has 4 aliphatic rings. The van der Waals surface area contributed by atoms with Gasteiger partial charge >= 0.3 is 17.9 Å². The smallest absolute Gasteiger partial charge is 0.302 e. The maximum absolute atomic E-state index is 11.8. The summed E-state index contributed by atoms with van der Waals surface area (Å²) in [6.07, 6.45) is 9.14. The van der Waals surface area contributed by atoms with Gasteiger partial charge in [-0.3, -0.25) is 14.4 Å². The molecule has 0 heterocycles. The fourth-order valence-electron chi connectivity index (χ4n) is 8.22. The number of ether oxygens (including phenoxy) is 3. The molecule has 0 aromatic rings. The summed E-state index contributed by atoms with van der Waals surface area (Å²) in [5.74, 6) is 1.47. The molecule has 0 aromatic carbocycles. The molecule has 4 rings (SSSR count). The molecule has 6 nitrogen and oxygen atoms in total. The highest BCUT2D eigenvalue weighted by atomic mass is 16.5. The normalized spacial score (nSPS) is 43.7.